The SMILES string of the molecule is c1ccc(-c2cc(NCC3CCCNC3)ncn2)nc1. The first-order valence-corrected chi connectivity index (χ1v) is 7.10. The highest BCUT2D eigenvalue weighted by atomic mass is 15.0. The second kappa shape index (κ2) is 6.43. The lowest BCUT2D eigenvalue weighted by molar-refractivity contribution is 0.392. The van der Waals surface area contributed by atoms with Gasteiger partial charge in [-0.3, -0.25) is 4.98 Å². The molecule has 1 fully saturated rings. The van der Waals surface area contributed by atoms with E-state index >= 15 is 0 Å². The fourth-order valence-electron chi connectivity index (χ4n) is 2.46. The van der Waals surface area contributed by atoms with Crippen molar-refractivity contribution in [3.8, 4) is 11.4 Å². The number of hydrogen-bond acceptors (Lipinski definition) is 5. The normalized spacial score (nSPS) is 18.7. The first-order chi connectivity index (χ1) is 9.92. The summed E-state index contributed by atoms with van der Waals surface area (Å²) in [5.41, 5.74) is 1.72. The van der Waals surface area contributed by atoms with Gasteiger partial charge in [-0.25, -0.2) is 9.97 Å². The summed E-state index contributed by atoms with van der Waals surface area (Å²) in [6, 6.07) is 7.78. The molecule has 0 amide bonds. The highest BCUT2D eigenvalue weighted by Gasteiger charge is 2.12. The highest BCUT2D eigenvalue weighted by molar-refractivity contribution is 5.57. The van der Waals surface area contributed by atoms with Crippen LogP contribution in [0.5, 0.6) is 0 Å². The monoisotopic (exact) mass is 269 g/mol. The average Bonchev–Trinajstić information content (AvgIpc) is 2.55. The topological polar surface area (TPSA) is 62.7 Å². The molecule has 104 valence electrons. The van der Waals surface area contributed by atoms with E-state index in [-0.39, 0.29) is 0 Å². The molecule has 0 aromatic carbocycles. The predicted molar refractivity (Wildman–Crippen MR) is 79.3 cm³/mol. The third-order valence-electron chi connectivity index (χ3n) is 3.57. The van der Waals surface area contributed by atoms with Crippen molar-refractivity contribution in [3.63, 3.8) is 0 Å². The standard InChI is InChI=1S/C15H19N5/c1-2-7-17-13(5-1)14-8-15(20-11-19-14)18-10-12-4-3-6-16-9-12/h1-2,5,7-8,11-12,16H,3-4,6,9-10H2,(H,18,19,20). The molecule has 3 heterocycles. The largest absolute Gasteiger partial charge is 0.370 e. The third kappa shape index (κ3) is 3.30. The average molecular weight is 269 g/mol. The molecule has 3 rings (SSSR count). The van der Waals surface area contributed by atoms with Gasteiger partial charge in [0.1, 0.15) is 12.1 Å². The number of hydrogen-bond donors (Lipinski definition) is 2. The van der Waals surface area contributed by atoms with Crippen molar-refractivity contribution in [1.82, 2.24) is 20.3 Å². The number of nitrogens with one attached hydrogen (secondary N) is 2. The molecule has 0 aliphatic carbocycles. The number of nitrogens with zero attached hydrogens (tertiary/aromatic N) is 3. The molecule has 0 saturated carbocycles. The van der Waals surface area contributed by atoms with Gasteiger partial charge < -0.3 is 10.6 Å². The molecule has 0 bridgehead atoms. The van der Waals surface area contributed by atoms with Crippen LogP contribution in [-0.4, -0.2) is 34.6 Å². The van der Waals surface area contributed by atoms with Crippen LogP contribution in [0.1, 0.15) is 12.8 Å². The number of pyridine rings is 1. The van der Waals surface area contributed by atoms with Crippen LogP contribution in [-0.2, 0) is 0 Å². The second-order valence-corrected chi connectivity index (χ2v) is 5.10. The molecule has 1 saturated heterocycles. The van der Waals surface area contributed by atoms with Crippen LogP contribution in [0.2, 0.25) is 0 Å². The number of anilines is 1. The minimum absolute atomic E-state index is 0.678. The molecule has 1 unspecified atom stereocenters. The Morgan fingerprint density at radius 3 is 3.00 bits per heavy atom. The molecule has 1 atom stereocenters. The zero-order valence-electron chi connectivity index (χ0n) is 11.4. The van der Waals surface area contributed by atoms with E-state index in [2.05, 4.69) is 25.6 Å². The predicted octanol–water partition coefficient (Wildman–Crippen LogP) is 1.95. The van der Waals surface area contributed by atoms with Crippen molar-refractivity contribution in [2.75, 3.05) is 25.0 Å². The summed E-state index contributed by atoms with van der Waals surface area (Å²) in [5, 5.41) is 6.83. The Labute approximate surface area is 118 Å². The van der Waals surface area contributed by atoms with Gasteiger partial charge in [0.2, 0.25) is 0 Å². The molecule has 2 aromatic rings. The Balaban J connectivity index is 1.65. The highest BCUT2D eigenvalue weighted by Crippen LogP contribution is 2.16. The fraction of sp³-hybridized carbons (Fsp3) is 0.400. The van der Waals surface area contributed by atoms with E-state index in [0.29, 0.717) is 5.92 Å². The lowest BCUT2D eigenvalue weighted by Crippen LogP contribution is -2.33. The molecule has 1 aliphatic rings. The number of aromatic nitrogens is 3. The van der Waals surface area contributed by atoms with E-state index < -0.39 is 0 Å². The Morgan fingerprint density at radius 2 is 2.20 bits per heavy atom. The van der Waals surface area contributed by atoms with E-state index in [1.807, 2.05) is 24.3 Å². The van der Waals surface area contributed by atoms with Gasteiger partial charge in [-0.1, -0.05) is 6.07 Å². The molecular weight excluding hydrogens is 250 g/mol. The lowest BCUT2D eigenvalue weighted by Gasteiger charge is -2.23. The van der Waals surface area contributed by atoms with Gasteiger partial charge in [0, 0.05) is 18.8 Å². The maximum Gasteiger partial charge on any atom is 0.130 e. The van der Waals surface area contributed by atoms with Crippen LogP contribution in [0.15, 0.2) is 36.8 Å². The second-order valence-electron chi connectivity index (χ2n) is 5.10. The Morgan fingerprint density at radius 1 is 1.20 bits per heavy atom. The van der Waals surface area contributed by atoms with Crippen LogP contribution in [0.3, 0.4) is 0 Å². The molecule has 5 heteroatoms. The first kappa shape index (κ1) is 13.0. The first-order valence-electron chi connectivity index (χ1n) is 7.10. The molecule has 2 aromatic heterocycles. The van der Waals surface area contributed by atoms with Crippen LogP contribution in [0.25, 0.3) is 11.4 Å². The number of rotatable bonds is 4. The molecule has 0 radical (unpaired) electrons. The fourth-order valence-corrected chi connectivity index (χ4v) is 2.46. The van der Waals surface area contributed by atoms with Gasteiger partial charge in [-0.05, 0) is 44.0 Å². The van der Waals surface area contributed by atoms with Gasteiger partial charge in [-0.15, -0.1) is 0 Å². The van der Waals surface area contributed by atoms with Crippen molar-refractivity contribution < 1.29 is 0 Å². The van der Waals surface area contributed by atoms with Crippen molar-refractivity contribution >= 4 is 5.82 Å². The van der Waals surface area contributed by atoms with Crippen molar-refractivity contribution in [3.05, 3.63) is 36.8 Å². The summed E-state index contributed by atoms with van der Waals surface area (Å²) in [6.45, 7) is 3.19. The molecule has 20 heavy (non-hydrogen) atoms. The molecular formula is C15H19N5. The summed E-state index contributed by atoms with van der Waals surface area (Å²) in [5.74, 6) is 1.54. The van der Waals surface area contributed by atoms with Crippen LogP contribution in [0, 0.1) is 5.92 Å². The molecule has 5 nitrogen and oxygen atoms in total. The minimum Gasteiger partial charge on any atom is -0.370 e. The van der Waals surface area contributed by atoms with Crippen molar-refractivity contribution in [2.24, 2.45) is 5.92 Å². The Bertz CT molecular complexity index is 537. The van der Waals surface area contributed by atoms with E-state index in [1.54, 1.807) is 12.5 Å². The lowest BCUT2D eigenvalue weighted by atomic mass is 10.00. The molecule has 1 aliphatic heterocycles. The minimum atomic E-state index is 0.678. The van der Waals surface area contributed by atoms with Crippen LogP contribution >= 0.6 is 0 Å². The summed E-state index contributed by atoms with van der Waals surface area (Å²) in [6.07, 6.45) is 5.90. The Kier molecular flexibility index (Phi) is 4.18. The van der Waals surface area contributed by atoms with Crippen molar-refractivity contribution in [1.29, 1.82) is 0 Å². The third-order valence-corrected chi connectivity index (χ3v) is 3.57. The van der Waals surface area contributed by atoms with Gasteiger partial charge in [0.15, 0.2) is 0 Å². The van der Waals surface area contributed by atoms with E-state index in [4.69, 9.17) is 0 Å². The van der Waals surface area contributed by atoms with Gasteiger partial charge in [0.25, 0.3) is 0 Å². The summed E-state index contributed by atoms with van der Waals surface area (Å²) >= 11 is 0. The maximum absolute atomic E-state index is 4.31. The summed E-state index contributed by atoms with van der Waals surface area (Å²) in [4.78, 5) is 12.9. The van der Waals surface area contributed by atoms with Crippen LogP contribution in [0.4, 0.5) is 5.82 Å². The smallest absolute Gasteiger partial charge is 0.130 e. The Hall–Kier alpha value is -2.01. The van der Waals surface area contributed by atoms with E-state index in [0.717, 1.165) is 36.8 Å². The maximum atomic E-state index is 4.31. The molecule has 0 spiro atoms. The van der Waals surface area contributed by atoms with Crippen LogP contribution < -0.4 is 10.6 Å². The summed E-state index contributed by atoms with van der Waals surface area (Å²) in [7, 11) is 0. The van der Waals surface area contributed by atoms with E-state index in [1.165, 1.54) is 12.8 Å². The quantitative estimate of drug-likeness (QED) is 0.888. The van der Waals surface area contributed by atoms with Gasteiger partial charge >= 0.3 is 0 Å². The van der Waals surface area contributed by atoms with Crippen molar-refractivity contribution in [2.45, 2.75) is 12.8 Å². The summed E-state index contributed by atoms with van der Waals surface area (Å²) < 4.78 is 0. The molecule has 2 N–H and O–H groups in total. The number of piperidine rings is 1. The zero-order valence-corrected chi connectivity index (χ0v) is 11.4. The van der Waals surface area contributed by atoms with Gasteiger partial charge in [0.05, 0.1) is 11.4 Å². The van der Waals surface area contributed by atoms with E-state index in [9.17, 15) is 0 Å². The van der Waals surface area contributed by atoms with Gasteiger partial charge in [-0.2, -0.15) is 0 Å². The zero-order chi connectivity index (χ0) is 13.6.